The van der Waals surface area contributed by atoms with Gasteiger partial charge in [-0.15, -0.1) is 12.4 Å². The van der Waals surface area contributed by atoms with E-state index in [0.29, 0.717) is 6.54 Å². The molecule has 0 rings (SSSR count). The van der Waals surface area contributed by atoms with E-state index >= 15 is 0 Å². The van der Waals surface area contributed by atoms with Crippen LogP contribution < -0.4 is 5.32 Å². The molecule has 0 spiro atoms. The number of carbonyl (C=O) groups is 1. The fourth-order valence-corrected chi connectivity index (χ4v) is 0.702. The highest BCUT2D eigenvalue weighted by molar-refractivity contribution is 7.96. The van der Waals surface area contributed by atoms with Gasteiger partial charge in [-0.2, -0.15) is 0 Å². The van der Waals surface area contributed by atoms with Crippen molar-refractivity contribution < 1.29 is 4.79 Å². The second-order valence-corrected chi connectivity index (χ2v) is 2.79. The lowest BCUT2D eigenvalue weighted by atomic mass is 10.4. The van der Waals surface area contributed by atoms with Gasteiger partial charge in [0.05, 0.1) is 0 Å². The van der Waals surface area contributed by atoms with Crippen LogP contribution in [0.1, 0.15) is 6.42 Å². The van der Waals surface area contributed by atoms with E-state index in [9.17, 15) is 4.79 Å². The SMILES string of the molecule is CN(C)CCCNC(=O)S.Cl. The molecule has 0 bridgehead atoms. The molecule has 0 fully saturated rings. The van der Waals surface area contributed by atoms with Gasteiger partial charge in [0.2, 0.25) is 0 Å². The molecule has 1 amide bonds. The summed E-state index contributed by atoms with van der Waals surface area (Å²) in [5, 5.41) is 2.35. The smallest absolute Gasteiger partial charge is 0.275 e. The Labute approximate surface area is 79.3 Å². The second-order valence-electron chi connectivity index (χ2n) is 2.39. The van der Waals surface area contributed by atoms with E-state index in [1.165, 1.54) is 0 Å². The lowest BCUT2D eigenvalue weighted by Crippen LogP contribution is -2.22. The number of amides is 1. The highest BCUT2D eigenvalue weighted by Crippen LogP contribution is 1.82. The molecule has 3 nitrogen and oxygen atoms in total. The van der Waals surface area contributed by atoms with Gasteiger partial charge < -0.3 is 10.2 Å². The number of carbonyl (C=O) groups excluding carboxylic acids is 1. The number of nitrogens with one attached hydrogen (secondary N) is 1. The van der Waals surface area contributed by atoms with Crippen molar-refractivity contribution in [1.82, 2.24) is 10.2 Å². The van der Waals surface area contributed by atoms with E-state index in [-0.39, 0.29) is 17.6 Å². The first-order valence-electron chi connectivity index (χ1n) is 3.24. The standard InChI is InChI=1S/C6H14N2OS.ClH/c1-8(2)5-3-4-7-6(9)10;/h3-5H2,1-2H3,(H2,7,9,10);1H. The van der Waals surface area contributed by atoms with Crippen molar-refractivity contribution in [2.75, 3.05) is 27.2 Å². The molecule has 0 aliphatic heterocycles. The third-order valence-electron chi connectivity index (χ3n) is 1.06. The molecule has 0 aliphatic carbocycles. The molecule has 68 valence electrons. The molecule has 0 aromatic rings. The predicted octanol–water partition coefficient (Wildman–Crippen LogP) is 0.999. The zero-order valence-electron chi connectivity index (χ0n) is 6.83. The number of hydrogen-bond donors (Lipinski definition) is 2. The number of nitrogens with zero attached hydrogens (tertiary/aromatic N) is 1. The molecular weight excluding hydrogens is 184 g/mol. The lowest BCUT2D eigenvalue weighted by molar-refractivity contribution is 0.260. The number of halogens is 1. The van der Waals surface area contributed by atoms with Gasteiger partial charge in [0, 0.05) is 6.54 Å². The summed E-state index contributed by atoms with van der Waals surface area (Å²) < 4.78 is 0. The maximum Gasteiger partial charge on any atom is 0.275 e. The number of thiol groups is 1. The van der Waals surface area contributed by atoms with Crippen LogP contribution in [-0.2, 0) is 0 Å². The Bertz CT molecular complexity index is 111. The minimum Gasteiger partial charge on any atom is -0.347 e. The van der Waals surface area contributed by atoms with Crippen LogP contribution in [0.2, 0.25) is 0 Å². The van der Waals surface area contributed by atoms with E-state index in [1.807, 2.05) is 14.1 Å². The Balaban J connectivity index is 0. The summed E-state index contributed by atoms with van der Waals surface area (Å²) in [5.41, 5.74) is 0. The minimum absolute atomic E-state index is 0. The van der Waals surface area contributed by atoms with Crippen molar-refractivity contribution in [2.24, 2.45) is 0 Å². The summed E-state index contributed by atoms with van der Waals surface area (Å²) in [6, 6.07) is 0. The highest BCUT2D eigenvalue weighted by atomic mass is 35.5. The van der Waals surface area contributed by atoms with E-state index < -0.39 is 0 Å². The molecule has 0 unspecified atom stereocenters. The molecule has 0 aliphatic rings. The van der Waals surface area contributed by atoms with Gasteiger partial charge in [-0.3, -0.25) is 4.79 Å². The predicted molar refractivity (Wildman–Crippen MR) is 52.8 cm³/mol. The quantitative estimate of drug-likeness (QED) is 0.522. The van der Waals surface area contributed by atoms with Gasteiger partial charge in [0.1, 0.15) is 0 Å². The average molecular weight is 199 g/mol. The van der Waals surface area contributed by atoms with Crippen molar-refractivity contribution in [3.05, 3.63) is 0 Å². The first kappa shape index (κ1) is 13.6. The van der Waals surface area contributed by atoms with E-state index in [1.54, 1.807) is 0 Å². The minimum atomic E-state index is -0.251. The van der Waals surface area contributed by atoms with Gasteiger partial charge in [0.15, 0.2) is 0 Å². The van der Waals surface area contributed by atoms with Crippen LogP contribution in [0.3, 0.4) is 0 Å². The van der Waals surface area contributed by atoms with E-state index in [2.05, 4.69) is 22.8 Å². The Morgan fingerprint density at radius 1 is 1.55 bits per heavy atom. The molecular formula is C6H15ClN2OS. The molecule has 11 heavy (non-hydrogen) atoms. The maximum atomic E-state index is 10.2. The highest BCUT2D eigenvalue weighted by Gasteiger charge is 1.91. The zero-order valence-corrected chi connectivity index (χ0v) is 8.54. The normalized spacial score (nSPS) is 9.09. The van der Waals surface area contributed by atoms with Gasteiger partial charge in [-0.1, -0.05) is 12.6 Å². The van der Waals surface area contributed by atoms with Crippen LogP contribution in [0.15, 0.2) is 0 Å². The van der Waals surface area contributed by atoms with E-state index in [4.69, 9.17) is 0 Å². The van der Waals surface area contributed by atoms with Gasteiger partial charge in [0.25, 0.3) is 5.24 Å². The van der Waals surface area contributed by atoms with Gasteiger partial charge >= 0.3 is 0 Å². The van der Waals surface area contributed by atoms with Crippen LogP contribution in [-0.4, -0.2) is 37.3 Å². The zero-order chi connectivity index (χ0) is 7.98. The molecule has 1 N–H and O–H groups in total. The molecule has 0 aromatic carbocycles. The summed E-state index contributed by atoms with van der Waals surface area (Å²) in [7, 11) is 4.00. The summed E-state index contributed by atoms with van der Waals surface area (Å²) in [4.78, 5) is 12.3. The number of hydrogen-bond acceptors (Lipinski definition) is 2. The Morgan fingerprint density at radius 2 is 2.09 bits per heavy atom. The van der Waals surface area contributed by atoms with Crippen LogP contribution in [0.5, 0.6) is 0 Å². The molecule has 0 saturated heterocycles. The topological polar surface area (TPSA) is 32.3 Å². The second kappa shape index (κ2) is 8.17. The Kier molecular flexibility index (Phi) is 10.1. The van der Waals surface area contributed by atoms with Crippen molar-refractivity contribution in [3.8, 4) is 0 Å². The molecule has 0 heterocycles. The van der Waals surface area contributed by atoms with E-state index in [0.717, 1.165) is 13.0 Å². The average Bonchev–Trinajstić information content (AvgIpc) is 1.79. The summed E-state index contributed by atoms with van der Waals surface area (Å²) >= 11 is 3.56. The third-order valence-corrected chi connectivity index (χ3v) is 1.22. The van der Waals surface area contributed by atoms with Crippen molar-refractivity contribution in [3.63, 3.8) is 0 Å². The first-order chi connectivity index (χ1) is 4.63. The van der Waals surface area contributed by atoms with Crippen LogP contribution in [0.25, 0.3) is 0 Å². The number of rotatable bonds is 4. The van der Waals surface area contributed by atoms with Crippen LogP contribution in [0.4, 0.5) is 4.79 Å². The van der Waals surface area contributed by atoms with Gasteiger partial charge in [-0.05, 0) is 27.1 Å². The summed E-state index contributed by atoms with van der Waals surface area (Å²) in [5.74, 6) is 0. The van der Waals surface area contributed by atoms with Crippen molar-refractivity contribution in [1.29, 1.82) is 0 Å². The molecule has 0 atom stereocenters. The largest absolute Gasteiger partial charge is 0.347 e. The monoisotopic (exact) mass is 198 g/mol. The molecule has 5 heteroatoms. The Morgan fingerprint density at radius 3 is 2.45 bits per heavy atom. The molecule has 0 aromatic heterocycles. The van der Waals surface area contributed by atoms with Crippen molar-refractivity contribution in [2.45, 2.75) is 6.42 Å². The van der Waals surface area contributed by atoms with Crippen LogP contribution >= 0.6 is 25.0 Å². The summed E-state index contributed by atoms with van der Waals surface area (Å²) in [6.07, 6.45) is 0.972. The third kappa shape index (κ3) is 13.1. The lowest BCUT2D eigenvalue weighted by Gasteiger charge is -2.08. The van der Waals surface area contributed by atoms with Crippen molar-refractivity contribution >= 4 is 30.3 Å². The van der Waals surface area contributed by atoms with Gasteiger partial charge in [-0.25, -0.2) is 0 Å². The fraction of sp³-hybridized carbons (Fsp3) is 0.833. The molecule has 0 radical (unpaired) electrons. The Hall–Kier alpha value is 0.0700. The van der Waals surface area contributed by atoms with Crippen LogP contribution in [0, 0.1) is 0 Å². The fourth-order valence-electron chi connectivity index (χ4n) is 0.591. The first-order valence-corrected chi connectivity index (χ1v) is 3.69. The molecule has 0 saturated carbocycles. The maximum absolute atomic E-state index is 10.2. The summed E-state index contributed by atoms with van der Waals surface area (Å²) in [6.45, 7) is 1.70.